The number of rotatable bonds is 6. The zero-order valence-corrected chi connectivity index (χ0v) is 11.8. The van der Waals surface area contributed by atoms with Crippen molar-refractivity contribution in [1.29, 1.82) is 0 Å². The molecule has 0 bridgehead atoms. The third-order valence-corrected chi connectivity index (χ3v) is 3.39. The van der Waals surface area contributed by atoms with E-state index in [-0.39, 0.29) is 18.1 Å². The van der Waals surface area contributed by atoms with Crippen molar-refractivity contribution in [3.63, 3.8) is 0 Å². The molecule has 1 saturated heterocycles. The number of aliphatic hydroxyl groups excluding tert-OH is 1. The zero-order valence-electron chi connectivity index (χ0n) is 11.8. The Morgan fingerprint density at radius 2 is 1.81 bits per heavy atom. The van der Waals surface area contributed by atoms with Gasteiger partial charge in [0.1, 0.15) is 6.61 Å². The largest absolute Gasteiger partial charge is 0.388 e. The minimum atomic E-state index is -0.563. The van der Waals surface area contributed by atoms with Crippen molar-refractivity contribution in [2.45, 2.75) is 12.8 Å². The number of ether oxygens (including phenoxy) is 1. The molecular weight excluding hydrogens is 270 g/mol. The Kier molecular flexibility index (Phi) is 5.66. The van der Waals surface area contributed by atoms with Crippen molar-refractivity contribution in [3.8, 4) is 0 Å². The number of hydrogen-bond donors (Lipinski definition) is 2. The van der Waals surface area contributed by atoms with E-state index in [1.54, 1.807) is 24.3 Å². The highest BCUT2D eigenvalue weighted by atomic mass is 16.5. The van der Waals surface area contributed by atoms with Gasteiger partial charge in [0.15, 0.2) is 5.78 Å². The molecule has 0 saturated carbocycles. The first-order valence-electron chi connectivity index (χ1n) is 6.98. The van der Waals surface area contributed by atoms with Crippen LogP contribution in [0.15, 0.2) is 41.6 Å². The van der Waals surface area contributed by atoms with Gasteiger partial charge in [0.05, 0.1) is 25.5 Å². The van der Waals surface area contributed by atoms with Crippen LogP contribution < -0.4 is 5.32 Å². The van der Waals surface area contributed by atoms with Gasteiger partial charge in [-0.3, -0.25) is 9.59 Å². The number of carbonyl (C=O) groups is 2. The fourth-order valence-corrected chi connectivity index (χ4v) is 2.26. The van der Waals surface area contributed by atoms with E-state index in [1.165, 1.54) is 0 Å². The quantitative estimate of drug-likeness (QED) is 0.605. The predicted molar refractivity (Wildman–Crippen MR) is 77.9 cm³/mol. The molecule has 0 spiro atoms. The van der Waals surface area contributed by atoms with Crippen LogP contribution in [0.25, 0.3) is 0 Å². The van der Waals surface area contributed by atoms with Crippen molar-refractivity contribution >= 4 is 11.6 Å². The Hall–Kier alpha value is -1.98. The molecule has 0 unspecified atom stereocenters. The third kappa shape index (κ3) is 4.24. The lowest BCUT2D eigenvalue weighted by molar-refractivity contribution is -0.118. The van der Waals surface area contributed by atoms with Gasteiger partial charge in [0.2, 0.25) is 5.78 Å². The van der Waals surface area contributed by atoms with Crippen LogP contribution in [-0.2, 0) is 9.53 Å². The van der Waals surface area contributed by atoms with E-state index >= 15 is 0 Å². The molecule has 2 N–H and O–H groups in total. The van der Waals surface area contributed by atoms with Crippen molar-refractivity contribution in [3.05, 3.63) is 47.2 Å². The number of benzene rings is 1. The maximum Gasteiger partial charge on any atom is 0.203 e. The van der Waals surface area contributed by atoms with E-state index in [0.29, 0.717) is 37.3 Å². The second-order valence-corrected chi connectivity index (χ2v) is 4.81. The summed E-state index contributed by atoms with van der Waals surface area (Å²) in [4.78, 5) is 23.9. The van der Waals surface area contributed by atoms with Crippen molar-refractivity contribution in [2.24, 2.45) is 0 Å². The molecule has 1 fully saturated rings. The third-order valence-electron chi connectivity index (χ3n) is 3.39. The second kappa shape index (κ2) is 7.71. The SMILES string of the molecule is O=C(CO)C(NCC(=O)c1ccccc1)=C1CCOCC1. The normalized spacial score (nSPS) is 14.6. The lowest BCUT2D eigenvalue weighted by atomic mass is 10.0. The summed E-state index contributed by atoms with van der Waals surface area (Å²) in [6.45, 7) is 0.597. The average Bonchev–Trinajstić information content (AvgIpc) is 2.56. The second-order valence-electron chi connectivity index (χ2n) is 4.81. The number of ketones is 2. The van der Waals surface area contributed by atoms with Gasteiger partial charge in [-0.2, -0.15) is 0 Å². The summed E-state index contributed by atoms with van der Waals surface area (Å²) in [6, 6.07) is 8.90. The molecule has 21 heavy (non-hydrogen) atoms. The van der Waals surface area contributed by atoms with Crippen LogP contribution in [0.1, 0.15) is 23.2 Å². The van der Waals surface area contributed by atoms with Crippen LogP contribution in [0.2, 0.25) is 0 Å². The molecule has 5 nitrogen and oxygen atoms in total. The van der Waals surface area contributed by atoms with E-state index in [9.17, 15) is 9.59 Å². The summed E-state index contributed by atoms with van der Waals surface area (Å²) in [6.07, 6.45) is 1.29. The molecule has 112 valence electrons. The Bertz CT molecular complexity index is 528. The van der Waals surface area contributed by atoms with Crippen LogP contribution in [0.5, 0.6) is 0 Å². The van der Waals surface area contributed by atoms with Crippen molar-refractivity contribution in [2.75, 3.05) is 26.4 Å². The molecule has 1 aliphatic heterocycles. The van der Waals surface area contributed by atoms with E-state index in [2.05, 4.69) is 5.32 Å². The number of hydrogen-bond acceptors (Lipinski definition) is 5. The van der Waals surface area contributed by atoms with E-state index in [1.807, 2.05) is 6.07 Å². The number of carbonyl (C=O) groups excluding carboxylic acids is 2. The smallest absolute Gasteiger partial charge is 0.203 e. The molecule has 0 radical (unpaired) electrons. The summed E-state index contributed by atoms with van der Waals surface area (Å²) in [5.41, 5.74) is 1.88. The highest BCUT2D eigenvalue weighted by Crippen LogP contribution is 2.17. The standard InChI is InChI=1S/C16H19NO4/c18-11-15(20)16(13-6-8-21-9-7-13)17-10-14(19)12-4-2-1-3-5-12/h1-5,17-18H,6-11H2. The van der Waals surface area contributed by atoms with Crippen LogP contribution in [0.3, 0.4) is 0 Å². The van der Waals surface area contributed by atoms with Gasteiger partial charge >= 0.3 is 0 Å². The van der Waals surface area contributed by atoms with Crippen LogP contribution >= 0.6 is 0 Å². The molecule has 0 aliphatic carbocycles. The molecule has 2 rings (SSSR count). The van der Waals surface area contributed by atoms with Gasteiger partial charge in [0, 0.05) is 5.56 Å². The minimum Gasteiger partial charge on any atom is -0.388 e. The van der Waals surface area contributed by atoms with Gasteiger partial charge < -0.3 is 15.2 Å². The predicted octanol–water partition coefficient (Wildman–Crippen LogP) is 1.08. The Morgan fingerprint density at radius 1 is 1.14 bits per heavy atom. The molecule has 0 amide bonds. The summed E-state index contributed by atoms with van der Waals surface area (Å²) in [5.74, 6) is -0.473. The summed E-state index contributed by atoms with van der Waals surface area (Å²) >= 11 is 0. The summed E-state index contributed by atoms with van der Waals surface area (Å²) in [5, 5.41) is 12.0. The highest BCUT2D eigenvalue weighted by Gasteiger charge is 2.18. The summed E-state index contributed by atoms with van der Waals surface area (Å²) < 4.78 is 5.26. The van der Waals surface area contributed by atoms with Gasteiger partial charge in [-0.25, -0.2) is 0 Å². The maximum atomic E-state index is 12.1. The monoisotopic (exact) mass is 289 g/mol. The van der Waals surface area contributed by atoms with Crippen LogP contribution in [0, 0.1) is 0 Å². The number of aliphatic hydroxyl groups is 1. The van der Waals surface area contributed by atoms with E-state index in [4.69, 9.17) is 9.84 Å². The molecule has 5 heteroatoms. The molecule has 1 aliphatic rings. The topological polar surface area (TPSA) is 75.6 Å². The summed E-state index contributed by atoms with van der Waals surface area (Å²) in [7, 11) is 0. The van der Waals surface area contributed by atoms with Gasteiger partial charge in [0.25, 0.3) is 0 Å². The molecule has 1 aromatic rings. The van der Waals surface area contributed by atoms with Gasteiger partial charge in [-0.15, -0.1) is 0 Å². The first-order valence-corrected chi connectivity index (χ1v) is 6.98. The lowest BCUT2D eigenvalue weighted by Crippen LogP contribution is -2.30. The van der Waals surface area contributed by atoms with Crippen molar-refractivity contribution in [1.82, 2.24) is 5.32 Å². The van der Waals surface area contributed by atoms with E-state index in [0.717, 1.165) is 5.57 Å². The minimum absolute atomic E-state index is 0.0371. The Labute approximate surface area is 123 Å². The fourth-order valence-electron chi connectivity index (χ4n) is 2.26. The van der Waals surface area contributed by atoms with Crippen molar-refractivity contribution < 1.29 is 19.4 Å². The maximum absolute atomic E-state index is 12.1. The number of nitrogens with one attached hydrogen (secondary N) is 1. The Balaban J connectivity index is 2.06. The zero-order chi connectivity index (χ0) is 15.1. The molecular formula is C16H19NO4. The number of Topliss-reactive ketones (excluding diaryl/α,β-unsaturated/α-hetero) is 2. The molecule has 0 atom stereocenters. The highest BCUT2D eigenvalue weighted by molar-refractivity contribution is 6.00. The van der Waals surface area contributed by atoms with E-state index < -0.39 is 6.61 Å². The molecule has 1 heterocycles. The first kappa shape index (κ1) is 15.4. The average molecular weight is 289 g/mol. The molecule has 1 aromatic carbocycles. The van der Waals surface area contributed by atoms with Gasteiger partial charge in [-0.05, 0) is 18.4 Å². The lowest BCUT2D eigenvalue weighted by Gasteiger charge is -2.19. The Morgan fingerprint density at radius 3 is 2.43 bits per heavy atom. The van der Waals surface area contributed by atoms with Crippen LogP contribution in [-0.4, -0.2) is 43.0 Å². The van der Waals surface area contributed by atoms with Crippen LogP contribution in [0.4, 0.5) is 0 Å². The molecule has 0 aromatic heterocycles. The first-order chi connectivity index (χ1) is 10.2. The fraction of sp³-hybridized carbons (Fsp3) is 0.375. The van der Waals surface area contributed by atoms with Gasteiger partial charge in [-0.1, -0.05) is 30.3 Å².